The van der Waals surface area contributed by atoms with Gasteiger partial charge in [0.05, 0.1) is 0 Å². The SMILES string of the molecule is CC(C)(C)c1cccc(C2C(=O)c3ccccc3C2=O)c1. The van der Waals surface area contributed by atoms with Crippen LogP contribution in [0.15, 0.2) is 48.5 Å². The summed E-state index contributed by atoms with van der Waals surface area (Å²) in [6.07, 6.45) is 0. The topological polar surface area (TPSA) is 34.1 Å². The highest BCUT2D eigenvalue weighted by atomic mass is 16.2. The van der Waals surface area contributed by atoms with Crippen LogP contribution in [0, 0.1) is 0 Å². The average molecular weight is 278 g/mol. The fraction of sp³-hybridized carbons (Fsp3) is 0.263. The number of benzene rings is 2. The maximum atomic E-state index is 12.5. The number of rotatable bonds is 1. The minimum Gasteiger partial charge on any atom is -0.293 e. The van der Waals surface area contributed by atoms with Gasteiger partial charge in [-0.25, -0.2) is 0 Å². The minimum atomic E-state index is -0.676. The van der Waals surface area contributed by atoms with Crippen LogP contribution in [-0.2, 0) is 5.41 Å². The molecule has 0 saturated heterocycles. The predicted molar refractivity (Wildman–Crippen MR) is 83.0 cm³/mol. The first-order valence-electron chi connectivity index (χ1n) is 7.17. The summed E-state index contributed by atoms with van der Waals surface area (Å²) in [6, 6.07) is 14.9. The molecule has 0 bridgehead atoms. The van der Waals surface area contributed by atoms with Crippen LogP contribution in [0.1, 0.15) is 58.5 Å². The number of carbonyl (C=O) groups is 2. The molecule has 0 N–H and O–H groups in total. The fourth-order valence-corrected chi connectivity index (χ4v) is 2.83. The monoisotopic (exact) mass is 278 g/mol. The molecule has 2 aromatic rings. The van der Waals surface area contributed by atoms with Crippen molar-refractivity contribution in [2.75, 3.05) is 0 Å². The zero-order chi connectivity index (χ0) is 15.2. The Labute approximate surface area is 124 Å². The van der Waals surface area contributed by atoms with Gasteiger partial charge in [0.1, 0.15) is 5.92 Å². The number of ketones is 2. The summed E-state index contributed by atoms with van der Waals surface area (Å²) < 4.78 is 0. The van der Waals surface area contributed by atoms with Crippen molar-refractivity contribution in [3.8, 4) is 0 Å². The molecule has 0 heterocycles. The molecule has 21 heavy (non-hydrogen) atoms. The van der Waals surface area contributed by atoms with Crippen molar-refractivity contribution in [3.05, 3.63) is 70.8 Å². The van der Waals surface area contributed by atoms with Crippen molar-refractivity contribution in [1.29, 1.82) is 0 Å². The molecule has 0 atom stereocenters. The second kappa shape index (κ2) is 4.66. The van der Waals surface area contributed by atoms with Crippen molar-refractivity contribution in [2.24, 2.45) is 0 Å². The molecule has 1 aliphatic carbocycles. The Kier molecular flexibility index (Phi) is 3.05. The van der Waals surface area contributed by atoms with Crippen LogP contribution in [0.2, 0.25) is 0 Å². The molecule has 0 aromatic heterocycles. The number of Topliss-reactive ketones (excluding diaryl/α,β-unsaturated/α-hetero) is 2. The van der Waals surface area contributed by atoms with E-state index < -0.39 is 5.92 Å². The van der Waals surface area contributed by atoms with Gasteiger partial charge >= 0.3 is 0 Å². The Morgan fingerprint density at radius 1 is 0.810 bits per heavy atom. The number of fused-ring (bicyclic) bond motifs is 1. The van der Waals surface area contributed by atoms with Gasteiger partial charge in [0.25, 0.3) is 0 Å². The summed E-state index contributed by atoms with van der Waals surface area (Å²) in [7, 11) is 0. The Hall–Kier alpha value is -2.22. The molecule has 0 amide bonds. The van der Waals surface area contributed by atoms with Gasteiger partial charge in [0.15, 0.2) is 11.6 Å². The first kappa shape index (κ1) is 13.7. The van der Waals surface area contributed by atoms with Gasteiger partial charge in [-0.05, 0) is 16.5 Å². The zero-order valence-electron chi connectivity index (χ0n) is 12.5. The Morgan fingerprint density at radius 2 is 1.38 bits per heavy atom. The van der Waals surface area contributed by atoms with E-state index in [0.717, 1.165) is 11.1 Å². The van der Waals surface area contributed by atoms with E-state index in [0.29, 0.717) is 11.1 Å². The third-order valence-electron chi connectivity index (χ3n) is 4.07. The molecule has 2 nitrogen and oxygen atoms in total. The van der Waals surface area contributed by atoms with Crippen LogP contribution < -0.4 is 0 Å². The summed E-state index contributed by atoms with van der Waals surface area (Å²) in [5, 5.41) is 0. The molecule has 2 heteroatoms. The van der Waals surface area contributed by atoms with Crippen LogP contribution >= 0.6 is 0 Å². The second-order valence-electron chi connectivity index (χ2n) is 6.58. The number of hydrogen-bond acceptors (Lipinski definition) is 2. The standard InChI is InChI=1S/C19H18O2/c1-19(2,3)13-8-6-7-12(11-13)16-17(20)14-9-4-5-10-15(14)18(16)21/h4-11,16H,1-3H3. The van der Waals surface area contributed by atoms with Crippen LogP contribution in [0.4, 0.5) is 0 Å². The maximum Gasteiger partial charge on any atom is 0.178 e. The van der Waals surface area contributed by atoms with Gasteiger partial charge in [-0.2, -0.15) is 0 Å². The molecule has 0 unspecified atom stereocenters. The third kappa shape index (κ3) is 2.21. The van der Waals surface area contributed by atoms with E-state index in [1.54, 1.807) is 24.3 Å². The van der Waals surface area contributed by atoms with E-state index in [1.807, 2.05) is 24.3 Å². The Bertz CT molecular complexity index is 700. The summed E-state index contributed by atoms with van der Waals surface area (Å²) in [5.74, 6) is -0.840. The zero-order valence-corrected chi connectivity index (χ0v) is 12.5. The van der Waals surface area contributed by atoms with Gasteiger partial charge in [-0.1, -0.05) is 69.3 Å². The molecule has 0 aliphatic heterocycles. The Morgan fingerprint density at radius 3 is 1.90 bits per heavy atom. The first-order valence-corrected chi connectivity index (χ1v) is 7.17. The third-order valence-corrected chi connectivity index (χ3v) is 4.07. The van der Waals surface area contributed by atoms with Crippen LogP contribution in [0.25, 0.3) is 0 Å². The largest absolute Gasteiger partial charge is 0.293 e. The molecule has 0 spiro atoms. The minimum absolute atomic E-state index is 0.00639. The molecule has 0 saturated carbocycles. The lowest BCUT2D eigenvalue weighted by atomic mass is 9.83. The number of hydrogen-bond donors (Lipinski definition) is 0. The molecule has 106 valence electrons. The lowest BCUT2D eigenvalue weighted by Crippen LogP contribution is -2.16. The van der Waals surface area contributed by atoms with Crippen LogP contribution in [0.5, 0.6) is 0 Å². The van der Waals surface area contributed by atoms with Crippen molar-refractivity contribution in [2.45, 2.75) is 32.1 Å². The number of carbonyl (C=O) groups excluding carboxylic acids is 2. The molecule has 1 aliphatic rings. The predicted octanol–water partition coefficient (Wildman–Crippen LogP) is 4.15. The second-order valence-corrected chi connectivity index (χ2v) is 6.58. The summed E-state index contributed by atoms with van der Waals surface area (Å²) in [6.45, 7) is 6.37. The van der Waals surface area contributed by atoms with E-state index in [2.05, 4.69) is 20.8 Å². The molecular formula is C19H18O2. The van der Waals surface area contributed by atoms with E-state index in [4.69, 9.17) is 0 Å². The van der Waals surface area contributed by atoms with Gasteiger partial charge < -0.3 is 0 Å². The van der Waals surface area contributed by atoms with E-state index in [1.165, 1.54) is 0 Å². The molecule has 0 radical (unpaired) electrons. The van der Waals surface area contributed by atoms with E-state index >= 15 is 0 Å². The molecule has 3 rings (SSSR count). The maximum absolute atomic E-state index is 12.5. The molecule has 0 fully saturated rings. The summed E-state index contributed by atoms with van der Waals surface area (Å²) in [4.78, 5) is 25.1. The van der Waals surface area contributed by atoms with Gasteiger partial charge in [-0.3, -0.25) is 9.59 Å². The van der Waals surface area contributed by atoms with Gasteiger partial charge in [-0.15, -0.1) is 0 Å². The van der Waals surface area contributed by atoms with Crippen molar-refractivity contribution < 1.29 is 9.59 Å². The molecule has 2 aromatic carbocycles. The molecular weight excluding hydrogens is 260 g/mol. The van der Waals surface area contributed by atoms with Crippen molar-refractivity contribution in [1.82, 2.24) is 0 Å². The Balaban J connectivity index is 2.08. The van der Waals surface area contributed by atoms with Gasteiger partial charge in [0, 0.05) is 11.1 Å². The highest BCUT2D eigenvalue weighted by Gasteiger charge is 2.39. The van der Waals surface area contributed by atoms with Crippen LogP contribution in [-0.4, -0.2) is 11.6 Å². The van der Waals surface area contributed by atoms with Crippen molar-refractivity contribution >= 4 is 11.6 Å². The average Bonchev–Trinajstić information content (AvgIpc) is 2.71. The lowest BCUT2D eigenvalue weighted by molar-refractivity contribution is 0.0890. The summed E-state index contributed by atoms with van der Waals surface area (Å²) in [5.41, 5.74) is 3.03. The normalized spacial score (nSPS) is 15.4. The van der Waals surface area contributed by atoms with Crippen molar-refractivity contribution in [3.63, 3.8) is 0 Å². The lowest BCUT2D eigenvalue weighted by Gasteiger charge is -2.20. The van der Waals surface area contributed by atoms with E-state index in [9.17, 15) is 9.59 Å². The van der Waals surface area contributed by atoms with Crippen LogP contribution in [0.3, 0.4) is 0 Å². The van der Waals surface area contributed by atoms with Gasteiger partial charge in [0.2, 0.25) is 0 Å². The first-order chi connectivity index (χ1) is 9.89. The highest BCUT2D eigenvalue weighted by molar-refractivity contribution is 6.29. The summed E-state index contributed by atoms with van der Waals surface area (Å²) >= 11 is 0. The highest BCUT2D eigenvalue weighted by Crippen LogP contribution is 2.35. The quantitative estimate of drug-likeness (QED) is 0.734. The van der Waals surface area contributed by atoms with E-state index in [-0.39, 0.29) is 17.0 Å². The fourth-order valence-electron chi connectivity index (χ4n) is 2.83. The smallest absolute Gasteiger partial charge is 0.178 e.